The van der Waals surface area contributed by atoms with Gasteiger partial charge in [0, 0.05) is 6.04 Å². The van der Waals surface area contributed by atoms with E-state index in [1.807, 2.05) is 12.1 Å². The van der Waals surface area contributed by atoms with Crippen LogP contribution in [0.15, 0.2) is 29.8 Å². The Kier molecular flexibility index (Phi) is 5.59. The maximum Gasteiger partial charge on any atom is 0.337 e. The molecule has 0 spiro atoms. The zero-order valence-electron chi connectivity index (χ0n) is 11.5. The summed E-state index contributed by atoms with van der Waals surface area (Å²) in [6, 6.07) is 7.77. The number of benzene rings is 1. The van der Waals surface area contributed by atoms with Crippen LogP contribution in [0.25, 0.3) is 6.08 Å². The molecule has 3 heteroatoms. The van der Waals surface area contributed by atoms with E-state index in [0.717, 1.165) is 12.1 Å². The second-order valence-corrected chi connectivity index (χ2v) is 4.28. The predicted octanol–water partition coefficient (Wildman–Crippen LogP) is 2.87. The first-order valence-electron chi connectivity index (χ1n) is 6.18. The number of methoxy groups -OCH3 is 1. The molecule has 0 bridgehead atoms. The molecule has 0 aliphatic rings. The summed E-state index contributed by atoms with van der Waals surface area (Å²) in [5.41, 5.74) is 2.93. The van der Waals surface area contributed by atoms with E-state index in [4.69, 9.17) is 0 Å². The summed E-state index contributed by atoms with van der Waals surface area (Å²) in [7, 11) is 1.39. The van der Waals surface area contributed by atoms with Crippen molar-refractivity contribution in [1.29, 1.82) is 0 Å². The minimum atomic E-state index is -0.303. The van der Waals surface area contributed by atoms with Crippen molar-refractivity contribution in [3.8, 4) is 0 Å². The second-order valence-electron chi connectivity index (χ2n) is 4.28. The van der Waals surface area contributed by atoms with Gasteiger partial charge in [-0.05, 0) is 38.1 Å². The number of rotatable bonds is 5. The summed E-state index contributed by atoms with van der Waals surface area (Å²) < 4.78 is 4.66. The van der Waals surface area contributed by atoms with E-state index >= 15 is 0 Å². The van der Waals surface area contributed by atoms with Gasteiger partial charge in [-0.15, -0.1) is 0 Å². The molecule has 0 aliphatic carbocycles. The van der Waals surface area contributed by atoms with E-state index in [1.54, 1.807) is 12.1 Å². The molecule has 1 aromatic carbocycles. The Bertz CT molecular complexity index is 421. The van der Waals surface area contributed by atoms with Gasteiger partial charge in [0.25, 0.3) is 0 Å². The standard InChI is InChI=1S/C15H21NO2/c1-5-16-12(3)11(2)10-13-6-8-14(9-7-13)15(17)18-4/h6-10,12,16H,5H2,1-4H3/b11-10+. The molecular formula is C15H21NO2. The Labute approximate surface area is 109 Å². The number of esters is 1. The number of hydrogen-bond donors (Lipinski definition) is 1. The van der Waals surface area contributed by atoms with Crippen molar-refractivity contribution in [1.82, 2.24) is 5.32 Å². The van der Waals surface area contributed by atoms with Crippen LogP contribution < -0.4 is 5.32 Å². The van der Waals surface area contributed by atoms with Gasteiger partial charge in [0.05, 0.1) is 12.7 Å². The van der Waals surface area contributed by atoms with Gasteiger partial charge in [-0.2, -0.15) is 0 Å². The molecule has 1 atom stereocenters. The highest BCUT2D eigenvalue weighted by atomic mass is 16.5. The number of likely N-dealkylation sites (N-methyl/N-ethyl adjacent to an activating group) is 1. The van der Waals surface area contributed by atoms with E-state index in [9.17, 15) is 4.79 Å². The number of hydrogen-bond acceptors (Lipinski definition) is 3. The third-order valence-electron chi connectivity index (χ3n) is 2.92. The maximum atomic E-state index is 11.3. The van der Waals surface area contributed by atoms with Crippen LogP contribution in [0.5, 0.6) is 0 Å². The Hall–Kier alpha value is -1.61. The minimum absolute atomic E-state index is 0.303. The topological polar surface area (TPSA) is 38.3 Å². The molecule has 0 radical (unpaired) electrons. The van der Waals surface area contributed by atoms with Gasteiger partial charge in [0.15, 0.2) is 0 Å². The highest BCUT2D eigenvalue weighted by molar-refractivity contribution is 5.89. The lowest BCUT2D eigenvalue weighted by molar-refractivity contribution is 0.0601. The summed E-state index contributed by atoms with van der Waals surface area (Å²) >= 11 is 0. The van der Waals surface area contributed by atoms with E-state index in [-0.39, 0.29) is 5.97 Å². The fourth-order valence-corrected chi connectivity index (χ4v) is 1.69. The molecule has 0 heterocycles. The molecule has 0 fully saturated rings. The van der Waals surface area contributed by atoms with Crippen LogP contribution in [0.2, 0.25) is 0 Å². The third kappa shape index (κ3) is 4.00. The summed E-state index contributed by atoms with van der Waals surface area (Å²) in [6.45, 7) is 7.28. The van der Waals surface area contributed by atoms with Crippen LogP contribution in [0, 0.1) is 0 Å². The molecule has 1 aromatic rings. The number of carbonyl (C=O) groups is 1. The van der Waals surface area contributed by atoms with Crippen molar-refractivity contribution in [2.24, 2.45) is 0 Å². The van der Waals surface area contributed by atoms with Crippen LogP contribution in [-0.2, 0) is 4.74 Å². The lowest BCUT2D eigenvalue weighted by atomic mass is 10.1. The molecule has 0 amide bonds. The van der Waals surface area contributed by atoms with E-state index in [0.29, 0.717) is 11.6 Å². The van der Waals surface area contributed by atoms with E-state index < -0.39 is 0 Å². The predicted molar refractivity (Wildman–Crippen MR) is 74.6 cm³/mol. The largest absolute Gasteiger partial charge is 0.465 e. The Morgan fingerprint density at radius 2 is 2.00 bits per heavy atom. The first kappa shape index (κ1) is 14.5. The normalized spacial score (nSPS) is 13.2. The summed E-state index contributed by atoms with van der Waals surface area (Å²) in [4.78, 5) is 11.3. The fraction of sp³-hybridized carbons (Fsp3) is 0.400. The lowest BCUT2D eigenvalue weighted by Crippen LogP contribution is -2.26. The van der Waals surface area contributed by atoms with E-state index in [1.165, 1.54) is 12.7 Å². The van der Waals surface area contributed by atoms with Gasteiger partial charge in [0.2, 0.25) is 0 Å². The average molecular weight is 247 g/mol. The molecule has 0 saturated carbocycles. The molecular weight excluding hydrogens is 226 g/mol. The molecule has 98 valence electrons. The maximum absolute atomic E-state index is 11.3. The lowest BCUT2D eigenvalue weighted by Gasteiger charge is -2.13. The molecule has 18 heavy (non-hydrogen) atoms. The summed E-state index contributed by atoms with van der Waals surface area (Å²) in [5.74, 6) is -0.303. The minimum Gasteiger partial charge on any atom is -0.465 e. The van der Waals surface area contributed by atoms with Crippen molar-refractivity contribution in [3.05, 3.63) is 41.0 Å². The molecule has 0 aromatic heterocycles. The number of carbonyl (C=O) groups excluding carboxylic acids is 1. The van der Waals surface area contributed by atoms with Crippen LogP contribution >= 0.6 is 0 Å². The van der Waals surface area contributed by atoms with Gasteiger partial charge < -0.3 is 10.1 Å². The van der Waals surface area contributed by atoms with Gasteiger partial charge in [0.1, 0.15) is 0 Å². The van der Waals surface area contributed by atoms with Crippen LogP contribution in [0.1, 0.15) is 36.7 Å². The SMILES string of the molecule is CCNC(C)/C(C)=C/c1ccc(C(=O)OC)cc1. The molecule has 0 aliphatic heterocycles. The van der Waals surface area contributed by atoms with Crippen LogP contribution in [0.4, 0.5) is 0 Å². The van der Waals surface area contributed by atoms with Gasteiger partial charge in [-0.3, -0.25) is 0 Å². The Morgan fingerprint density at radius 3 is 2.50 bits per heavy atom. The quantitative estimate of drug-likeness (QED) is 0.813. The zero-order chi connectivity index (χ0) is 13.5. The average Bonchev–Trinajstić information content (AvgIpc) is 2.39. The molecule has 1 unspecified atom stereocenters. The monoisotopic (exact) mass is 247 g/mol. The number of ether oxygens (including phenoxy) is 1. The van der Waals surface area contributed by atoms with Crippen molar-refractivity contribution < 1.29 is 9.53 Å². The first-order chi connectivity index (χ1) is 8.58. The molecule has 0 saturated heterocycles. The molecule has 1 rings (SSSR count). The van der Waals surface area contributed by atoms with Crippen molar-refractivity contribution in [2.45, 2.75) is 26.8 Å². The van der Waals surface area contributed by atoms with Crippen molar-refractivity contribution in [2.75, 3.05) is 13.7 Å². The number of nitrogens with one attached hydrogen (secondary N) is 1. The first-order valence-corrected chi connectivity index (χ1v) is 6.18. The molecule has 3 nitrogen and oxygen atoms in total. The Balaban J connectivity index is 2.79. The summed E-state index contributed by atoms with van der Waals surface area (Å²) in [6.07, 6.45) is 2.12. The molecule has 1 N–H and O–H groups in total. The Morgan fingerprint density at radius 1 is 1.39 bits per heavy atom. The highest BCUT2D eigenvalue weighted by Crippen LogP contribution is 2.11. The van der Waals surface area contributed by atoms with Crippen LogP contribution in [-0.4, -0.2) is 25.7 Å². The van der Waals surface area contributed by atoms with Gasteiger partial charge >= 0.3 is 5.97 Å². The van der Waals surface area contributed by atoms with Gasteiger partial charge in [-0.25, -0.2) is 4.79 Å². The summed E-state index contributed by atoms with van der Waals surface area (Å²) in [5, 5.41) is 3.36. The zero-order valence-corrected chi connectivity index (χ0v) is 11.5. The third-order valence-corrected chi connectivity index (χ3v) is 2.92. The van der Waals surface area contributed by atoms with Crippen molar-refractivity contribution >= 4 is 12.0 Å². The second kappa shape index (κ2) is 6.97. The highest BCUT2D eigenvalue weighted by Gasteiger charge is 2.05. The smallest absolute Gasteiger partial charge is 0.337 e. The van der Waals surface area contributed by atoms with Crippen molar-refractivity contribution in [3.63, 3.8) is 0 Å². The van der Waals surface area contributed by atoms with Gasteiger partial charge in [-0.1, -0.05) is 30.7 Å². The van der Waals surface area contributed by atoms with Crippen LogP contribution in [0.3, 0.4) is 0 Å². The van der Waals surface area contributed by atoms with E-state index in [2.05, 4.69) is 36.9 Å². The fourth-order valence-electron chi connectivity index (χ4n) is 1.69.